The third-order valence-corrected chi connectivity index (χ3v) is 3.51. The highest BCUT2D eigenvalue weighted by Gasteiger charge is 2.39. The van der Waals surface area contributed by atoms with E-state index in [0.29, 0.717) is 6.04 Å². The van der Waals surface area contributed by atoms with Crippen molar-refractivity contribution < 1.29 is 5.11 Å². The lowest BCUT2D eigenvalue weighted by Crippen LogP contribution is -2.41. The predicted molar refractivity (Wildman–Crippen MR) is 48.9 cm³/mol. The minimum absolute atomic E-state index is 0.272. The van der Waals surface area contributed by atoms with Crippen LogP contribution < -0.4 is 5.32 Å². The molecule has 2 rings (SSSR count). The van der Waals surface area contributed by atoms with Gasteiger partial charge in [-0.05, 0) is 38.0 Å². The van der Waals surface area contributed by atoms with E-state index in [-0.39, 0.29) is 12.6 Å². The van der Waals surface area contributed by atoms with Gasteiger partial charge < -0.3 is 10.4 Å². The Labute approximate surface area is 74.4 Å². The van der Waals surface area contributed by atoms with Gasteiger partial charge in [0.15, 0.2) is 0 Å². The van der Waals surface area contributed by atoms with Gasteiger partial charge in [-0.3, -0.25) is 0 Å². The SMILES string of the molecule is C[C@H](CO)N[C@H]1C[C@H]2CC[C@H]1C2. The first kappa shape index (κ1) is 8.52. The second kappa shape index (κ2) is 3.35. The first-order chi connectivity index (χ1) is 5.79. The Morgan fingerprint density at radius 3 is 2.75 bits per heavy atom. The van der Waals surface area contributed by atoms with Crippen LogP contribution in [0.3, 0.4) is 0 Å². The molecule has 2 saturated carbocycles. The maximum absolute atomic E-state index is 8.90. The highest BCUT2D eigenvalue weighted by Crippen LogP contribution is 2.44. The number of rotatable bonds is 3. The number of nitrogens with one attached hydrogen (secondary N) is 1. The lowest BCUT2D eigenvalue weighted by Gasteiger charge is -2.25. The first-order valence-corrected chi connectivity index (χ1v) is 5.16. The highest BCUT2D eigenvalue weighted by molar-refractivity contribution is 4.94. The number of hydrogen-bond donors (Lipinski definition) is 2. The molecule has 0 spiro atoms. The molecule has 0 aliphatic heterocycles. The van der Waals surface area contributed by atoms with Gasteiger partial charge in [0.2, 0.25) is 0 Å². The molecule has 2 aliphatic rings. The van der Waals surface area contributed by atoms with Crippen LogP contribution in [0.5, 0.6) is 0 Å². The summed E-state index contributed by atoms with van der Waals surface area (Å²) in [5, 5.41) is 12.4. The summed E-state index contributed by atoms with van der Waals surface area (Å²) >= 11 is 0. The quantitative estimate of drug-likeness (QED) is 0.664. The summed E-state index contributed by atoms with van der Waals surface area (Å²) in [6.07, 6.45) is 5.67. The monoisotopic (exact) mass is 169 g/mol. The number of aliphatic hydroxyl groups excluding tert-OH is 1. The minimum atomic E-state index is 0.272. The highest BCUT2D eigenvalue weighted by atomic mass is 16.3. The van der Waals surface area contributed by atoms with E-state index in [2.05, 4.69) is 12.2 Å². The van der Waals surface area contributed by atoms with Gasteiger partial charge in [0, 0.05) is 12.1 Å². The molecule has 2 bridgehead atoms. The zero-order chi connectivity index (χ0) is 8.55. The lowest BCUT2D eigenvalue weighted by molar-refractivity contribution is 0.223. The van der Waals surface area contributed by atoms with Crippen LogP contribution in [0.15, 0.2) is 0 Å². The van der Waals surface area contributed by atoms with E-state index in [0.717, 1.165) is 11.8 Å². The van der Waals surface area contributed by atoms with Crippen LogP contribution in [0.25, 0.3) is 0 Å². The summed E-state index contributed by atoms with van der Waals surface area (Å²) in [7, 11) is 0. The van der Waals surface area contributed by atoms with Gasteiger partial charge in [-0.25, -0.2) is 0 Å². The van der Waals surface area contributed by atoms with Crippen LogP contribution in [-0.4, -0.2) is 23.8 Å². The van der Waals surface area contributed by atoms with Crippen molar-refractivity contribution in [1.82, 2.24) is 5.32 Å². The Balaban J connectivity index is 1.82. The summed E-state index contributed by atoms with van der Waals surface area (Å²) in [6, 6.07) is 1.00. The van der Waals surface area contributed by atoms with Crippen molar-refractivity contribution in [3.8, 4) is 0 Å². The minimum Gasteiger partial charge on any atom is -0.395 e. The molecule has 2 N–H and O–H groups in total. The fourth-order valence-corrected chi connectivity index (χ4v) is 2.87. The van der Waals surface area contributed by atoms with E-state index in [1.807, 2.05) is 0 Å². The zero-order valence-electron chi connectivity index (χ0n) is 7.79. The molecule has 2 fully saturated rings. The molecule has 0 aromatic carbocycles. The molecular weight excluding hydrogens is 150 g/mol. The van der Waals surface area contributed by atoms with Crippen molar-refractivity contribution in [2.45, 2.75) is 44.7 Å². The molecule has 2 aliphatic carbocycles. The van der Waals surface area contributed by atoms with Crippen molar-refractivity contribution >= 4 is 0 Å². The second-order valence-electron chi connectivity index (χ2n) is 4.53. The van der Waals surface area contributed by atoms with E-state index in [4.69, 9.17) is 5.11 Å². The molecule has 70 valence electrons. The van der Waals surface area contributed by atoms with Crippen LogP contribution in [0.2, 0.25) is 0 Å². The average Bonchev–Trinajstić information content (AvgIpc) is 2.64. The molecule has 0 amide bonds. The predicted octanol–water partition coefficient (Wildman–Crippen LogP) is 1.15. The Kier molecular flexibility index (Phi) is 2.37. The van der Waals surface area contributed by atoms with Gasteiger partial charge in [0.1, 0.15) is 0 Å². The maximum Gasteiger partial charge on any atom is 0.0582 e. The number of hydrogen-bond acceptors (Lipinski definition) is 2. The topological polar surface area (TPSA) is 32.3 Å². The van der Waals surface area contributed by atoms with E-state index in [1.165, 1.54) is 25.7 Å². The van der Waals surface area contributed by atoms with Crippen molar-refractivity contribution in [1.29, 1.82) is 0 Å². The first-order valence-electron chi connectivity index (χ1n) is 5.16. The van der Waals surface area contributed by atoms with Gasteiger partial charge in [-0.1, -0.05) is 6.42 Å². The van der Waals surface area contributed by atoms with Gasteiger partial charge >= 0.3 is 0 Å². The van der Waals surface area contributed by atoms with Crippen LogP contribution in [-0.2, 0) is 0 Å². The summed E-state index contributed by atoms with van der Waals surface area (Å²) in [4.78, 5) is 0. The van der Waals surface area contributed by atoms with Crippen molar-refractivity contribution in [3.63, 3.8) is 0 Å². The Hall–Kier alpha value is -0.0800. The Morgan fingerprint density at radius 1 is 1.42 bits per heavy atom. The third-order valence-electron chi connectivity index (χ3n) is 3.51. The van der Waals surface area contributed by atoms with Crippen LogP contribution in [0.4, 0.5) is 0 Å². The smallest absolute Gasteiger partial charge is 0.0582 e. The number of aliphatic hydroxyl groups is 1. The molecule has 0 aromatic heterocycles. The van der Waals surface area contributed by atoms with Gasteiger partial charge in [0.05, 0.1) is 6.61 Å². The van der Waals surface area contributed by atoms with Crippen molar-refractivity contribution in [2.24, 2.45) is 11.8 Å². The standard InChI is InChI=1S/C10H19NO/c1-7(6-12)11-10-5-8-2-3-9(10)4-8/h7-12H,2-6H2,1H3/t7-,8+,9+,10+/m1/s1. The molecule has 0 unspecified atom stereocenters. The van der Waals surface area contributed by atoms with E-state index < -0.39 is 0 Å². The third kappa shape index (κ3) is 1.50. The van der Waals surface area contributed by atoms with Crippen LogP contribution in [0, 0.1) is 11.8 Å². The summed E-state index contributed by atoms with van der Waals surface area (Å²) in [6.45, 7) is 2.33. The second-order valence-corrected chi connectivity index (χ2v) is 4.53. The molecular formula is C10H19NO. The lowest BCUT2D eigenvalue weighted by atomic mass is 9.95. The van der Waals surface area contributed by atoms with E-state index in [9.17, 15) is 0 Å². The van der Waals surface area contributed by atoms with E-state index in [1.54, 1.807) is 0 Å². The molecule has 0 aromatic rings. The van der Waals surface area contributed by atoms with Crippen molar-refractivity contribution in [2.75, 3.05) is 6.61 Å². The molecule has 2 nitrogen and oxygen atoms in total. The summed E-state index contributed by atoms with van der Waals surface area (Å²) in [5.74, 6) is 1.92. The Bertz CT molecular complexity index is 160. The molecule has 0 saturated heterocycles. The molecule has 0 radical (unpaired) electrons. The fraction of sp³-hybridized carbons (Fsp3) is 1.00. The molecule has 2 heteroatoms. The summed E-state index contributed by atoms with van der Waals surface area (Å²) < 4.78 is 0. The molecule has 4 atom stereocenters. The van der Waals surface area contributed by atoms with Crippen LogP contribution >= 0.6 is 0 Å². The van der Waals surface area contributed by atoms with Gasteiger partial charge in [-0.2, -0.15) is 0 Å². The maximum atomic E-state index is 8.90. The van der Waals surface area contributed by atoms with Crippen molar-refractivity contribution in [3.05, 3.63) is 0 Å². The molecule has 12 heavy (non-hydrogen) atoms. The van der Waals surface area contributed by atoms with Gasteiger partial charge in [-0.15, -0.1) is 0 Å². The van der Waals surface area contributed by atoms with E-state index >= 15 is 0 Å². The average molecular weight is 169 g/mol. The van der Waals surface area contributed by atoms with Crippen LogP contribution in [0.1, 0.15) is 32.6 Å². The largest absolute Gasteiger partial charge is 0.395 e. The normalized spacial score (nSPS) is 42.0. The zero-order valence-corrected chi connectivity index (χ0v) is 7.79. The van der Waals surface area contributed by atoms with Gasteiger partial charge in [0.25, 0.3) is 0 Å². The summed E-state index contributed by atoms with van der Waals surface area (Å²) in [5.41, 5.74) is 0. The molecule has 0 heterocycles. The Morgan fingerprint density at radius 2 is 2.25 bits per heavy atom. The fourth-order valence-electron chi connectivity index (χ4n) is 2.87. The number of fused-ring (bicyclic) bond motifs is 2.